The fourth-order valence-electron chi connectivity index (χ4n) is 6.43. The van der Waals surface area contributed by atoms with E-state index in [1.165, 1.54) is 89.9 Å². The van der Waals surface area contributed by atoms with Crippen LogP contribution in [0.2, 0.25) is 0 Å². The van der Waals surface area contributed by atoms with Gasteiger partial charge in [0.2, 0.25) is 0 Å². The van der Waals surface area contributed by atoms with Crippen molar-refractivity contribution in [3.8, 4) is 0 Å². The van der Waals surface area contributed by atoms with Gasteiger partial charge in [-0.25, -0.2) is 9.59 Å². The van der Waals surface area contributed by atoms with Gasteiger partial charge in [-0.1, -0.05) is 142 Å². The highest BCUT2D eigenvalue weighted by molar-refractivity contribution is 5.98. The van der Waals surface area contributed by atoms with Crippen LogP contribution in [0.3, 0.4) is 0 Å². The molecule has 0 fully saturated rings. The van der Waals surface area contributed by atoms with E-state index in [4.69, 9.17) is 0 Å². The molecule has 3 N–H and O–H groups in total. The van der Waals surface area contributed by atoms with Crippen molar-refractivity contribution < 1.29 is 19.8 Å². The molecule has 0 aromatic rings. The molecule has 38 heavy (non-hydrogen) atoms. The van der Waals surface area contributed by atoms with Crippen LogP contribution < -0.4 is 5.32 Å². The largest absolute Gasteiger partial charge is 0.478 e. The number of hydrogen-bond acceptors (Lipinski definition) is 3. The molecule has 1 aliphatic rings. The molecule has 0 unspecified atom stereocenters. The van der Waals surface area contributed by atoms with Gasteiger partial charge in [-0.15, -0.1) is 0 Å². The molecule has 1 heterocycles. The fraction of sp³-hybridized carbons (Fsp3) is 0.818. The molecule has 5 nitrogen and oxygen atoms in total. The molecule has 0 bridgehead atoms. The lowest BCUT2D eigenvalue weighted by atomic mass is 9.64. The number of allylic oxidation sites excluding steroid dienone is 2. The summed E-state index contributed by atoms with van der Waals surface area (Å²) in [6, 6.07) is 0. The Morgan fingerprint density at radius 3 is 1.05 bits per heavy atom. The molecule has 0 saturated carbocycles. The Kier molecular flexibility index (Phi) is 18.2. The van der Waals surface area contributed by atoms with Crippen LogP contribution in [0.25, 0.3) is 0 Å². The Hall–Kier alpha value is -1.78. The van der Waals surface area contributed by atoms with Gasteiger partial charge in [0, 0.05) is 16.8 Å². The van der Waals surface area contributed by atoms with Gasteiger partial charge in [0.1, 0.15) is 0 Å². The lowest BCUT2D eigenvalue weighted by Gasteiger charge is -2.41. The minimum atomic E-state index is -0.986. The molecular weight excluding hydrogens is 474 g/mol. The SMILES string of the molecule is CCCCCCCCCCCCC1(CCCCCCCCCCCC)C(C(=O)O)=C(C)NC(C)=C1C(=O)O. The van der Waals surface area contributed by atoms with Crippen molar-refractivity contribution in [2.24, 2.45) is 5.41 Å². The quantitative estimate of drug-likeness (QED) is 0.107. The normalized spacial score (nSPS) is 15.2. The predicted molar refractivity (Wildman–Crippen MR) is 159 cm³/mol. The minimum absolute atomic E-state index is 0.271. The highest BCUT2D eigenvalue weighted by Crippen LogP contribution is 2.49. The topological polar surface area (TPSA) is 86.6 Å². The zero-order chi connectivity index (χ0) is 28.2. The molecule has 0 saturated heterocycles. The van der Waals surface area contributed by atoms with Crippen LogP contribution in [0.1, 0.15) is 169 Å². The van der Waals surface area contributed by atoms with E-state index in [2.05, 4.69) is 19.2 Å². The van der Waals surface area contributed by atoms with Gasteiger partial charge in [-0.2, -0.15) is 0 Å². The maximum absolute atomic E-state index is 12.5. The van der Waals surface area contributed by atoms with Gasteiger partial charge in [0.15, 0.2) is 0 Å². The molecule has 1 aliphatic heterocycles. The number of dihydropyridines is 1. The predicted octanol–water partition coefficient (Wildman–Crippen LogP) is 9.92. The highest BCUT2D eigenvalue weighted by atomic mass is 16.4. The van der Waals surface area contributed by atoms with Crippen molar-refractivity contribution in [1.82, 2.24) is 5.32 Å². The first-order chi connectivity index (χ1) is 18.3. The summed E-state index contributed by atoms with van der Waals surface area (Å²) in [6.45, 7) is 8.06. The van der Waals surface area contributed by atoms with Crippen LogP contribution >= 0.6 is 0 Å². The van der Waals surface area contributed by atoms with Crippen LogP contribution in [0.5, 0.6) is 0 Å². The van der Waals surface area contributed by atoms with Gasteiger partial charge in [-0.05, 0) is 26.7 Å². The first-order valence-corrected chi connectivity index (χ1v) is 16.0. The van der Waals surface area contributed by atoms with E-state index >= 15 is 0 Å². The Labute approximate surface area is 233 Å². The smallest absolute Gasteiger partial charge is 0.334 e. The molecule has 220 valence electrons. The van der Waals surface area contributed by atoms with E-state index in [-0.39, 0.29) is 11.1 Å². The van der Waals surface area contributed by atoms with E-state index < -0.39 is 17.4 Å². The second kappa shape index (κ2) is 20.2. The summed E-state index contributed by atoms with van der Waals surface area (Å²) in [5, 5.41) is 23.6. The van der Waals surface area contributed by atoms with Gasteiger partial charge >= 0.3 is 11.9 Å². The van der Waals surface area contributed by atoms with Crippen molar-refractivity contribution >= 4 is 11.9 Å². The van der Waals surface area contributed by atoms with Crippen LogP contribution in [0.4, 0.5) is 0 Å². The van der Waals surface area contributed by atoms with E-state index in [1.54, 1.807) is 13.8 Å². The molecule has 0 amide bonds. The van der Waals surface area contributed by atoms with Crippen LogP contribution in [0.15, 0.2) is 22.5 Å². The summed E-state index contributed by atoms with van der Waals surface area (Å²) >= 11 is 0. The third-order valence-corrected chi connectivity index (χ3v) is 8.42. The maximum atomic E-state index is 12.5. The number of carboxylic acids is 2. The Morgan fingerprint density at radius 2 is 0.789 bits per heavy atom. The van der Waals surface area contributed by atoms with E-state index in [1.807, 2.05) is 0 Å². The van der Waals surface area contributed by atoms with Gasteiger partial charge < -0.3 is 15.5 Å². The molecule has 1 rings (SSSR count). The van der Waals surface area contributed by atoms with E-state index in [9.17, 15) is 19.8 Å². The fourth-order valence-corrected chi connectivity index (χ4v) is 6.43. The number of nitrogens with one attached hydrogen (secondary N) is 1. The van der Waals surface area contributed by atoms with Crippen LogP contribution in [-0.2, 0) is 9.59 Å². The van der Waals surface area contributed by atoms with Crippen LogP contribution in [-0.4, -0.2) is 22.2 Å². The number of aliphatic carboxylic acids is 2. The number of rotatable bonds is 24. The lowest BCUT2D eigenvalue weighted by molar-refractivity contribution is -0.135. The highest BCUT2D eigenvalue weighted by Gasteiger charge is 2.48. The summed E-state index contributed by atoms with van der Waals surface area (Å²) in [5.41, 5.74) is 0.815. The Bertz CT molecular complexity index is 690. The monoisotopic (exact) mass is 533 g/mol. The molecule has 0 aliphatic carbocycles. The summed E-state index contributed by atoms with van der Waals surface area (Å²) in [7, 11) is 0. The van der Waals surface area contributed by atoms with Crippen molar-refractivity contribution in [3.05, 3.63) is 22.5 Å². The first kappa shape index (κ1) is 34.2. The minimum Gasteiger partial charge on any atom is -0.478 e. The maximum Gasteiger partial charge on any atom is 0.334 e. The molecule has 0 atom stereocenters. The molecule has 5 heteroatoms. The summed E-state index contributed by atoms with van der Waals surface area (Å²) in [5.74, 6) is -1.97. The van der Waals surface area contributed by atoms with Crippen LogP contribution in [0, 0.1) is 5.41 Å². The average Bonchev–Trinajstić information content (AvgIpc) is 2.85. The summed E-state index contributed by atoms with van der Waals surface area (Å²) in [6.07, 6.45) is 25.3. The van der Waals surface area contributed by atoms with Crippen molar-refractivity contribution in [1.29, 1.82) is 0 Å². The van der Waals surface area contributed by atoms with E-state index in [0.717, 1.165) is 38.5 Å². The number of carboxylic acid groups (broad SMARTS) is 2. The molecular formula is C33H59NO4. The van der Waals surface area contributed by atoms with Gasteiger partial charge in [0.05, 0.1) is 11.1 Å². The second-order valence-electron chi connectivity index (χ2n) is 11.7. The van der Waals surface area contributed by atoms with Crippen molar-refractivity contribution in [2.45, 2.75) is 169 Å². The third kappa shape index (κ3) is 11.9. The third-order valence-electron chi connectivity index (χ3n) is 8.42. The first-order valence-electron chi connectivity index (χ1n) is 16.0. The number of carbonyl (C=O) groups is 2. The molecule has 0 aromatic heterocycles. The molecule has 0 spiro atoms. The zero-order valence-electron chi connectivity index (χ0n) is 25.3. The van der Waals surface area contributed by atoms with Crippen molar-refractivity contribution in [2.75, 3.05) is 0 Å². The summed E-state index contributed by atoms with van der Waals surface area (Å²) in [4.78, 5) is 25.0. The summed E-state index contributed by atoms with van der Waals surface area (Å²) < 4.78 is 0. The zero-order valence-corrected chi connectivity index (χ0v) is 25.3. The lowest BCUT2D eigenvalue weighted by Crippen LogP contribution is -2.41. The molecule has 0 radical (unpaired) electrons. The van der Waals surface area contributed by atoms with Gasteiger partial charge in [-0.3, -0.25) is 0 Å². The van der Waals surface area contributed by atoms with E-state index in [0.29, 0.717) is 24.2 Å². The number of hydrogen-bond donors (Lipinski definition) is 3. The molecule has 0 aromatic carbocycles. The Balaban J connectivity index is 2.76. The number of unbranched alkanes of at least 4 members (excludes halogenated alkanes) is 18. The standard InChI is InChI=1S/C33H59NO4/c1-5-7-9-11-13-15-17-19-21-23-25-33(26-24-22-20-18-16-14-12-10-8-6-2)29(31(35)36)27(3)34-28(4)30(33)32(37)38/h34H,5-26H2,1-4H3,(H,35,36)(H,37,38). The average molecular weight is 534 g/mol. The van der Waals surface area contributed by atoms with Crippen molar-refractivity contribution in [3.63, 3.8) is 0 Å². The Morgan fingerprint density at radius 1 is 0.526 bits per heavy atom. The van der Waals surface area contributed by atoms with Gasteiger partial charge in [0.25, 0.3) is 0 Å². The second-order valence-corrected chi connectivity index (χ2v) is 11.7.